The Morgan fingerprint density at radius 3 is 2.39 bits per heavy atom. The van der Waals surface area contributed by atoms with E-state index in [1.165, 1.54) is 4.68 Å². The molecule has 0 amide bonds. The number of nitrogens with one attached hydrogen (secondary N) is 1. The van der Waals surface area contributed by atoms with Gasteiger partial charge in [0.15, 0.2) is 0 Å². The van der Waals surface area contributed by atoms with Crippen LogP contribution in [0.25, 0.3) is 11.1 Å². The van der Waals surface area contributed by atoms with Crippen molar-refractivity contribution >= 4 is 11.7 Å². The number of hydrogen-bond donors (Lipinski definition) is 1. The first-order valence-electron chi connectivity index (χ1n) is 7.74. The van der Waals surface area contributed by atoms with Gasteiger partial charge in [-0.15, -0.1) is 0 Å². The molecule has 4 rings (SSSR count). The van der Waals surface area contributed by atoms with Gasteiger partial charge in [-0.2, -0.15) is 9.78 Å². The topological polar surface area (TPSA) is 46.9 Å². The van der Waals surface area contributed by atoms with E-state index in [1.807, 2.05) is 67.6 Å². The molecule has 1 unspecified atom stereocenters. The molecule has 114 valence electrons. The summed E-state index contributed by atoms with van der Waals surface area (Å²) in [5.41, 5.74) is 4.05. The fraction of sp³-hybridized carbons (Fsp3) is 0.158. The molecule has 2 heterocycles. The van der Waals surface area contributed by atoms with Crippen LogP contribution in [0.2, 0.25) is 0 Å². The van der Waals surface area contributed by atoms with Crippen LogP contribution in [0.4, 0.5) is 5.82 Å². The summed E-state index contributed by atoms with van der Waals surface area (Å²) in [7, 11) is 0. The molecule has 0 spiro atoms. The van der Waals surface area contributed by atoms with E-state index in [-0.39, 0.29) is 11.9 Å². The maximum atomic E-state index is 12.5. The zero-order chi connectivity index (χ0) is 15.8. The van der Waals surface area contributed by atoms with Crippen molar-refractivity contribution in [2.75, 3.05) is 5.32 Å². The van der Waals surface area contributed by atoms with Crippen molar-refractivity contribution in [1.82, 2.24) is 9.78 Å². The van der Waals surface area contributed by atoms with Gasteiger partial charge in [0.1, 0.15) is 5.82 Å². The second kappa shape index (κ2) is 5.39. The highest BCUT2D eigenvalue weighted by Gasteiger charge is 2.30. The SMILES string of the molecule is Cc1nn2c(c1-c1ccccc1)NC(c1ccccc1)CC2=O. The molecule has 0 radical (unpaired) electrons. The van der Waals surface area contributed by atoms with Crippen LogP contribution < -0.4 is 5.32 Å². The van der Waals surface area contributed by atoms with Crippen LogP contribution in [-0.2, 0) is 0 Å². The summed E-state index contributed by atoms with van der Waals surface area (Å²) in [5, 5.41) is 7.95. The highest BCUT2D eigenvalue weighted by Crippen LogP contribution is 2.37. The molecule has 1 aromatic heterocycles. The Labute approximate surface area is 134 Å². The van der Waals surface area contributed by atoms with Gasteiger partial charge in [0.25, 0.3) is 5.91 Å². The van der Waals surface area contributed by atoms with E-state index in [0.29, 0.717) is 6.42 Å². The highest BCUT2D eigenvalue weighted by molar-refractivity contribution is 5.91. The Morgan fingerprint density at radius 2 is 1.70 bits per heavy atom. The third-order valence-electron chi connectivity index (χ3n) is 4.25. The lowest BCUT2D eigenvalue weighted by Gasteiger charge is -2.25. The van der Waals surface area contributed by atoms with Crippen molar-refractivity contribution < 1.29 is 4.79 Å². The number of fused-ring (bicyclic) bond motifs is 1. The molecule has 23 heavy (non-hydrogen) atoms. The summed E-state index contributed by atoms with van der Waals surface area (Å²) in [6, 6.07) is 20.1. The van der Waals surface area contributed by atoms with Gasteiger partial charge in [0.2, 0.25) is 0 Å². The molecule has 1 atom stereocenters. The van der Waals surface area contributed by atoms with Crippen LogP contribution in [0.3, 0.4) is 0 Å². The Hall–Kier alpha value is -2.88. The van der Waals surface area contributed by atoms with Crippen molar-refractivity contribution in [2.24, 2.45) is 0 Å². The first-order valence-corrected chi connectivity index (χ1v) is 7.74. The summed E-state index contributed by atoms with van der Waals surface area (Å²) in [4.78, 5) is 12.5. The fourth-order valence-corrected chi connectivity index (χ4v) is 3.16. The van der Waals surface area contributed by atoms with E-state index in [4.69, 9.17) is 0 Å². The molecule has 3 aromatic rings. The van der Waals surface area contributed by atoms with Crippen LogP contribution in [0.5, 0.6) is 0 Å². The van der Waals surface area contributed by atoms with E-state index >= 15 is 0 Å². The quantitative estimate of drug-likeness (QED) is 0.776. The standard InChI is InChI=1S/C19H17N3O/c1-13-18(15-10-6-3-7-11-15)19-20-16(12-17(23)22(19)21-13)14-8-4-2-5-9-14/h2-11,16,20H,12H2,1H3. The largest absolute Gasteiger partial charge is 0.362 e. The Balaban J connectivity index is 1.81. The minimum atomic E-state index is -0.0187. The third-order valence-corrected chi connectivity index (χ3v) is 4.25. The lowest BCUT2D eigenvalue weighted by molar-refractivity contribution is 0.0872. The number of nitrogens with zero attached hydrogens (tertiary/aromatic N) is 2. The molecule has 1 aliphatic rings. The summed E-state index contributed by atoms with van der Waals surface area (Å²) in [5.74, 6) is 0.816. The molecule has 0 fully saturated rings. The zero-order valence-corrected chi connectivity index (χ0v) is 12.9. The lowest BCUT2D eigenvalue weighted by atomic mass is 10.00. The monoisotopic (exact) mass is 303 g/mol. The van der Waals surface area contributed by atoms with Crippen molar-refractivity contribution in [3.05, 3.63) is 71.9 Å². The summed E-state index contributed by atoms with van der Waals surface area (Å²) in [6.07, 6.45) is 0.409. The number of aryl methyl sites for hydroxylation is 1. The van der Waals surface area contributed by atoms with Gasteiger partial charge in [-0.1, -0.05) is 60.7 Å². The number of hydrogen-bond acceptors (Lipinski definition) is 3. The van der Waals surface area contributed by atoms with E-state index < -0.39 is 0 Å². The Kier molecular flexibility index (Phi) is 3.23. The Bertz CT molecular complexity index is 853. The summed E-state index contributed by atoms with van der Waals surface area (Å²) < 4.78 is 1.51. The second-order valence-corrected chi connectivity index (χ2v) is 5.79. The van der Waals surface area contributed by atoms with Gasteiger partial charge in [-0.25, -0.2) is 0 Å². The molecule has 0 aliphatic carbocycles. The molecular formula is C19H17N3O. The van der Waals surface area contributed by atoms with Crippen molar-refractivity contribution in [1.29, 1.82) is 0 Å². The van der Waals surface area contributed by atoms with E-state index in [9.17, 15) is 4.79 Å². The first-order chi connectivity index (χ1) is 11.2. The molecule has 4 heteroatoms. The summed E-state index contributed by atoms with van der Waals surface area (Å²) >= 11 is 0. The minimum Gasteiger partial charge on any atom is -0.362 e. The number of aromatic nitrogens is 2. The van der Waals surface area contributed by atoms with Gasteiger partial charge in [-0.3, -0.25) is 4.79 Å². The number of rotatable bonds is 2. The molecule has 0 saturated carbocycles. The van der Waals surface area contributed by atoms with Crippen molar-refractivity contribution in [3.63, 3.8) is 0 Å². The average molecular weight is 303 g/mol. The summed E-state index contributed by atoms with van der Waals surface area (Å²) in [6.45, 7) is 1.94. The van der Waals surface area contributed by atoms with Gasteiger partial charge in [0, 0.05) is 5.56 Å². The van der Waals surface area contributed by atoms with Gasteiger partial charge in [-0.05, 0) is 18.1 Å². The molecule has 1 N–H and O–H groups in total. The maximum absolute atomic E-state index is 12.5. The predicted octanol–water partition coefficient (Wildman–Crippen LogP) is 4.06. The van der Waals surface area contributed by atoms with E-state index in [1.54, 1.807) is 0 Å². The van der Waals surface area contributed by atoms with Crippen LogP contribution in [0.15, 0.2) is 60.7 Å². The molecular weight excluding hydrogens is 286 g/mol. The normalized spacial score (nSPS) is 16.7. The minimum absolute atomic E-state index is 0.0187. The van der Waals surface area contributed by atoms with E-state index in [2.05, 4.69) is 10.4 Å². The number of anilines is 1. The van der Waals surface area contributed by atoms with Gasteiger partial charge in [0.05, 0.1) is 18.2 Å². The van der Waals surface area contributed by atoms with Crippen molar-refractivity contribution in [2.45, 2.75) is 19.4 Å². The van der Waals surface area contributed by atoms with Crippen LogP contribution in [0, 0.1) is 6.92 Å². The lowest BCUT2D eigenvalue weighted by Crippen LogP contribution is -2.28. The molecule has 4 nitrogen and oxygen atoms in total. The second-order valence-electron chi connectivity index (χ2n) is 5.79. The number of carbonyl (C=O) groups excluding carboxylic acids is 1. The highest BCUT2D eigenvalue weighted by atomic mass is 16.2. The number of benzene rings is 2. The smallest absolute Gasteiger partial charge is 0.251 e. The molecule has 0 bridgehead atoms. The number of carbonyl (C=O) groups is 1. The third kappa shape index (κ3) is 2.32. The van der Waals surface area contributed by atoms with Gasteiger partial charge >= 0.3 is 0 Å². The van der Waals surface area contributed by atoms with Crippen molar-refractivity contribution in [3.8, 4) is 11.1 Å². The maximum Gasteiger partial charge on any atom is 0.251 e. The Morgan fingerprint density at radius 1 is 1.04 bits per heavy atom. The molecule has 2 aromatic carbocycles. The van der Waals surface area contributed by atoms with Crippen LogP contribution in [-0.4, -0.2) is 15.7 Å². The molecule has 0 saturated heterocycles. The van der Waals surface area contributed by atoms with Gasteiger partial charge < -0.3 is 5.32 Å². The predicted molar refractivity (Wildman–Crippen MR) is 90.4 cm³/mol. The molecule has 1 aliphatic heterocycles. The van der Waals surface area contributed by atoms with Crippen LogP contribution >= 0.6 is 0 Å². The zero-order valence-electron chi connectivity index (χ0n) is 12.9. The van der Waals surface area contributed by atoms with E-state index in [0.717, 1.165) is 28.2 Å². The van der Waals surface area contributed by atoms with Crippen LogP contribution in [0.1, 0.15) is 28.5 Å². The fourth-order valence-electron chi connectivity index (χ4n) is 3.16. The first kappa shape index (κ1) is 13.8. The average Bonchev–Trinajstić information content (AvgIpc) is 2.93.